The van der Waals surface area contributed by atoms with Crippen LogP contribution in [0.5, 0.6) is 0 Å². The van der Waals surface area contributed by atoms with E-state index in [9.17, 15) is 0 Å². The maximum atomic E-state index is 5.13. The van der Waals surface area contributed by atoms with Gasteiger partial charge in [0.2, 0.25) is 0 Å². The summed E-state index contributed by atoms with van der Waals surface area (Å²) < 4.78 is 0. The van der Waals surface area contributed by atoms with Crippen LogP contribution in [0.3, 0.4) is 0 Å². The van der Waals surface area contributed by atoms with E-state index >= 15 is 0 Å². The fourth-order valence-corrected chi connectivity index (χ4v) is 3.67. The number of rotatable bonds is 1. The SMILES string of the molecule is Cc1cc(C)c(-c2ccc3c(C(C)(C)C)cc(C(C)(C)C)cc3n2)cc1C. The zero-order chi connectivity index (χ0) is 20.1. The van der Waals surface area contributed by atoms with Crippen molar-refractivity contribution in [2.24, 2.45) is 0 Å². The lowest BCUT2D eigenvalue weighted by Crippen LogP contribution is -2.17. The molecule has 2 aromatic carbocycles. The molecule has 3 rings (SSSR count). The summed E-state index contributed by atoms with van der Waals surface area (Å²) in [7, 11) is 0. The van der Waals surface area contributed by atoms with Crippen LogP contribution < -0.4 is 0 Å². The lowest BCUT2D eigenvalue weighted by molar-refractivity contribution is 0.572. The van der Waals surface area contributed by atoms with Crippen LogP contribution in [0, 0.1) is 20.8 Å². The highest BCUT2D eigenvalue weighted by atomic mass is 14.7. The number of hydrogen-bond acceptors (Lipinski definition) is 1. The second-order valence-electron chi connectivity index (χ2n) is 10.0. The number of fused-ring (bicyclic) bond motifs is 1. The van der Waals surface area contributed by atoms with Crippen molar-refractivity contribution in [3.63, 3.8) is 0 Å². The molecule has 3 aromatic rings. The van der Waals surface area contributed by atoms with E-state index in [0.717, 1.165) is 11.2 Å². The Labute approximate surface area is 164 Å². The minimum atomic E-state index is 0.0824. The van der Waals surface area contributed by atoms with Gasteiger partial charge in [0, 0.05) is 10.9 Å². The summed E-state index contributed by atoms with van der Waals surface area (Å²) in [5.41, 5.74) is 10.2. The van der Waals surface area contributed by atoms with E-state index in [-0.39, 0.29) is 10.8 Å². The van der Waals surface area contributed by atoms with E-state index in [0.29, 0.717) is 0 Å². The van der Waals surface area contributed by atoms with Gasteiger partial charge in [0.25, 0.3) is 0 Å². The molecule has 0 bridgehead atoms. The maximum absolute atomic E-state index is 5.13. The van der Waals surface area contributed by atoms with Gasteiger partial charge in [0.1, 0.15) is 0 Å². The van der Waals surface area contributed by atoms with Gasteiger partial charge in [-0.2, -0.15) is 0 Å². The van der Waals surface area contributed by atoms with Gasteiger partial charge in [-0.1, -0.05) is 59.7 Å². The lowest BCUT2D eigenvalue weighted by Gasteiger charge is -2.26. The van der Waals surface area contributed by atoms with Crippen LogP contribution in [0.4, 0.5) is 0 Å². The second kappa shape index (κ2) is 6.48. The van der Waals surface area contributed by atoms with Gasteiger partial charge in [0.15, 0.2) is 0 Å². The van der Waals surface area contributed by atoms with Crippen LogP contribution in [0.25, 0.3) is 22.2 Å². The Kier molecular flexibility index (Phi) is 4.70. The van der Waals surface area contributed by atoms with Crippen molar-refractivity contribution in [1.29, 1.82) is 0 Å². The standard InChI is InChI=1S/C26H33N/c1-16-12-18(3)21(13-17(16)2)23-11-10-20-22(26(7,8)9)14-19(25(4,5)6)15-24(20)27-23/h10-15H,1-9H3. The molecule has 27 heavy (non-hydrogen) atoms. The first-order chi connectivity index (χ1) is 12.4. The summed E-state index contributed by atoms with van der Waals surface area (Å²) in [6.07, 6.45) is 0. The molecule has 0 radical (unpaired) electrons. The Morgan fingerprint density at radius 2 is 1.30 bits per heavy atom. The molecule has 0 aliphatic carbocycles. The Bertz CT molecular complexity index is 1010. The quantitative estimate of drug-likeness (QED) is 0.440. The van der Waals surface area contributed by atoms with Gasteiger partial charge in [-0.3, -0.25) is 0 Å². The van der Waals surface area contributed by atoms with Crippen molar-refractivity contribution >= 4 is 10.9 Å². The minimum Gasteiger partial charge on any atom is -0.248 e. The maximum Gasteiger partial charge on any atom is 0.0715 e. The van der Waals surface area contributed by atoms with Crippen LogP contribution in [0.1, 0.15) is 69.4 Å². The van der Waals surface area contributed by atoms with Crippen LogP contribution in [0.15, 0.2) is 36.4 Å². The van der Waals surface area contributed by atoms with E-state index in [4.69, 9.17) is 4.98 Å². The molecule has 1 nitrogen and oxygen atoms in total. The molecule has 0 N–H and O–H groups in total. The highest BCUT2D eigenvalue weighted by Crippen LogP contribution is 2.36. The van der Waals surface area contributed by atoms with E-state index in [2.05, 4.69) is 98.7 Å². The molecule has 142 valence electrons. The molecule has 1 heteroatoms. The van der Waals surface area contributed by atoms with E-state index < -0.39 is 0 Å². The van der Waals surface area contributed by atoms with Crippen LogP contribution in [-0.2, 0) is 10.8 Å². The third-order valence-electron chi connectivity index (χ3n) is 5.60. The summed E-state index contributed by atoms with van der Waals surface area (Å²) in [5, 5.41) is 1.26. The van der Waals surface area contributed by atoms with Crippen molar-refractivity contribution in [2.45, 2.75) is 73.1 Å². The van der Waals surface area contributed by atoms with Crippen LogP contribution in [-0.4, -0.2) is 4.98 Å². The van der Waals surface area contributed by atoms with Gasteiger partial charge in [-0.25, -0.2) is 4.98 Å². The van der Waals surface area contributed by atoms with Crippen molar-refractivity contribution in [2.75, 3.05) is 0 Å². The fraction of sp³-hybridized carbons (Fsp3) is 0.423. The fourth-order valence-electron chi connectivity index (χ4n) is 3.67. The second-order valence-corrected chi connectivity index (χ2v) is 10.0. The van der Waals surface area contributed by atoms with Gasteiger partial charge in [-0.15, -0.1) is 0 Å². The van der Waals surface area contributed by atoms with E-state index in [1.54, 1.807) is 0 Å². The van der Waals surface area contributed by atoms with Crippen molar-refractivity contribution in [3.05, 3.63) is 64.2 Å². The van der Waals surface area contributed by atoms with E-state index in [1.807, 2.05) is 0 Å². The molecule has 0 unspecified atom stereocenters. The van der Waals surface area contributed by atoms with Gasteiger partial charge >= 0.3 is 0 Å². The number of hydrogen-bond donors (Lipinski definition) is 0. The zero-order valence-corrected chi connectivity index (χ0v) is 18.4. The highest BCUT2D eigenvalue weighted by Gasteiger charge is 2.23. The zero-order valence-electron chi connectivity index (χ0n) is 18.4. The molecular weight excluding hydrogens is 326 g/mol. The van der Waals surface area contributed by atoms with E-state index in [1.165, 1.54) is 38.8 Å². The number of nitrogens with zero attached hydrogens (tertiary/aromatic N) is 1. The molecule has 0 aliphatic rings. The predicted molar refractivity (Wildman–Crippen MR) is 119 cm³/mol. The molecule has 1 aromatic heterocycles. The normalized spacial score (nSPS) is 12.6. The Morgan fingerprint density at radius 1 is 0.667 bits per heavy atom. The van der Waals surface area contributed by atoms with Crippen molar-refractivity contribution in [1.82, 2.24) is 4.98 Å². The van der Waals surface area contributed by atoms with Crippen molar-refractivity contribution < 1.29 is 0 Å². The summed E-state index contributed by atoms with van der Waals surface area (Å²) in [4.78, 5) is 5.13. The molecule has 0 spiro atoms. The number of pyridine rings is 1. The minimum absolute atomic E-state index is 0.0824. The average Bonchev–Trinajstić information content (AvgIpc) is 2.55. The summed E-state index contributed by atoms with van der Waals surface area (Å²) in [5.74, 6) is 0. The monoisotopic (exact) mass is 359 g/mol. The molecule has 0 fully saturated rings. The first-order valence-corrected chi connectivity index (χ1v) is 9.92. The van der Waals surface area contributed by atoms with Gasteiger partial charge in [0.05, 0.1) is 11.2 Å². The Hall–Kier alpha value is -2.15. The van der Waals surface area contributed by atoms with Crippen molar-refractivity contribution in [3.8, 4) is 11.3 Å². The Balaban J connectivity index is 2.30. The summed E-state index contributed by atoms with van der Waals surface area (Å²) in [6, 6.07) is 13.7. The number of aromatic nitrogens is 1. The molecule has 0 saturated heterocycles. The van der Waals surface area contributed by atoms with Crippen LogP contribution >= 0.6 is 0 Å². The molecule has 0 aliphatic heterocycles. The van der Waals surface area contributed by atoms with Gasteiger partial charge in [-0.05, 0) is 77.6 Å². The number of aryl methyl sites for hydroxylation is 3. The third-order valence-corrected chi connectivity index (χ3v) is 5.60. The van der Waals surface area contributed by atoms with Crippen LogP contribution in [0.2, 0.25) is 0 Å². The summed E-state index contributed by atoms with van der Waals surface area (Å²) >= 11 is 0. The predicted octanol–water partition coefficient (Wildman–Crippen LogP) is 7.42. The smallest absolute Gasteiger partial charge is 0.0715 e. The highest BCUT2D eigenvalue weighted by molar-refractivity contribution is 5.87. The third kappa shape index (κ3) is 3.78. The molecule has 0 atom stereocenters. The Morgan fingerprint density at radius 3 is 1.89 bits per heavy atom. The largest absolute Gasteiger partial charge is 0.248 e. The molecule has 0 amide bonds. The lowest BCUT2D eigenvalue weighted by atomic mass is 9.79. The number of benzene rings is 2. The first kappa shape index (κ1) is 19.6. The molecular formula is C26H33N. The van der Waals surface area contributed by atoms with Gasteiger partial charge < -0.3 is 0 Å². The topological polar surface area (TPSA) is 12.9 Å². The summed E-state index contributed by atoms with van der Waals surface area (Å²) in [6.45, 7) is 20.2. The average molecular weight is 360 g/mol. The molecule has 1 heterocycles. The first-order valence-electron chi connectivity index (χ1n) is 9.92. The molecule has 0 saturated carbocycles.